The van der Waals surface area contributed by atoms with Gasteiger partial charge in [-0.3, -0.25) is 0 Å². The highest BCUT2D eigenvalue weighted by Gasteiger charge is 2.33. The van der Waals surface area contributed by atoms with E-state index in [9.17, 15) is 5.11 Å². The lowest BCUT2D eigenvalue weighted by Crippen LogP contribution is -2.45. The van der Waals surface area contributed by atoms with Gasteiger partial charge in [0.25, 0.3) is 0 Å². The number of hydrogen-bond acceptors (Lipinski definition) is 4. The standard InChI is InChI=1S/C16H25NOS2/c1-11-3-6-16(18,7-4-11)10-17-14-9-12(2)20-15-13(14)5-8-19-15/h5,8,11-12,14,17-18H,3-4,6-7,9-10H2,1-2H3/t11?,12-,14?,16?/m0/s1. The topological polar surface area (TPSA) is 32.3 Å². The van der Waals surface area contributed by atoms with E-state index in [1.807, 2.05) is 23.1 Å². The average Bonchev–Trinajstić information content (AvgIpc) is 2.88. The molecule has 0 radical (unpaired) electrons. The van der Waals surface area contributed by atoms with Gasteiger partial charge in [-0.1, -0.05) is 13.8 Å². The Kier molecular flexibility index (Phi) is 4.46. The Labute approximate surface area is 130 Å². The molecule has 1 fully saturated rings. The fourth-order valence-electron chi connectivity index (χ4n) is 3.33. The third-order valence-electron chi connectivity index (χ3n) is 4.79. The minimum absolute atomic E-state index is 0.427. The molecule has 112 valence electrons. The van der Waals surface area contributed by atoms with Crippen molar-refractivity contribution in [3.05, 3.63) is 17.0 Å². The van der Waals surface area contributed by atoms with Crippen LogP contribution in [0, 0.1) is 5.92 Å². The van der Waals surface area contributed by atoms with E-state index in [4.69, 9.17) is 0 Å². The summed E-state index contributed by atoms with van der Waals surface area (Å²) >= 11 is 3.85. The second kappa shape index (κ2) is 5.99. The quantitative estimate of drug-likeness (QED) is 0.877. The molecule has 1 unspecified atom stereocenters. The molecule has 1 aromatic rings. The Hall–Kier alpha value is -0.0300. The molecule has 20 heavy (non-hydrogen) atoms. The summed E-state index contributed by atoms with van der Waals surface area (Å²) in [7, 11) is 0. The van der Waals surface area contributed by atoms with Crippen molar-refractivity contribution in [3.63, 3.8) is 0 Å². The zero-order valence-corrected chi connectivity index (χ0v) is 14.0. The molecule has 2 atom stereocenters. The molecule has 0 amide bonds. The van der Waals surface area contributed by atoms with Gasteiger partial charge in [0, 0.05) is 17.8 Å². The monoisotopic (exact) mass is 311 g/mol. The van der Waals surface area contributed by atoms with Crippen molar-refractivity contribution in [1.29, 1.82) is 0 Å². The van der Waals surface area contributed by atoms with Crippen LogP contribution < -0.4 is 5.32 Å². The molecular formula is C16H25NOS2. The van der Waals surface area contributed by atoms with Crippen LogP contribution in [0.5, 0.6) is 0 Å². The number of hydrogen-bond donors (Lipinski definition) is 2. The van der Waals surface area contributed by atoms with E-state index in [1.54, 1.807) is 0 Å². The number of nitrogens with one attached hydrogen (secondary N) is 1. The summed E-state index contributed by atoms with van der Waals surface area (Å²) in [6, 6.07) is 2.68. The van der Waals surface area contributed by atoms with Crippen LogP contribution in [0.1, 0.15) is 57.6 Å². The van der Waals surface area contributed by atoms with E-state index in [1.165, 1.54) is 29.0 Å². The van der Waals surface area contributed by atoms with Crippen molar-refractivity contribution in [2.24, 2.45) is 5.92 Å². The Morgan fingerprint density at radius 3 is 2.85 bits per heavy atom. The maximum atomic E-state index is 10.7. The lowest BCUT2D eigenvalue weighted by Gasteiger charge is -2.37. The molecule has 0 bridgehead atoms. The van der Waals surface area contributed by atoms with Crippen LogP contribution in [0.25, 0.3) is 0 Å². The summed E-state index contributed by atoms with van der Waals surface area (Å²) in [5.41, 5.74) is 0.974. The predicted octanol–water partition coefficient (Wildman–Crippen LogP) is 4.20. The van der Waals surface area contributed by atoms with Gasteiger partial charge < -0.3 is 10.4 Å². The first-order valence-electron chi connectivity index (χ1n) is 7.75. The summed E-state index contributed by atoms with van der Waals surface area (Å²) in [4.78, 5) is 0. The molecule has 2 N–H and O–H groups in total. The van der Waals surface area contributed by atoms with Gasteiger partial charge in [0.05, 0.1) is 9.81 Å². The highest BCUT2D eigenvalue weighted by Crippen LogP contribution is 2.44. The van der Waals surface area contributed by atoms with Gasteiger partial charge in [-0.15, -0.1) is 23.1 Å². The first kappa shape index (κ1) is 14.9. The molecule has 2 aliphatic rings. The van der Waals surface area contributed by atoms with E-state index in [0.29, 0.717) is 11.3 Å². The smallest absolute Gasteiger partial charge is 0.0772 e. The highest BCUT2D eigenvalue weighted by molar-refractivity contribution is 8.01. The minimum atomic E-state index is -0.476. The van der Waals surface area contributed by atoms with E-state index in [-0.39, 0.29) is 0 Å². The Balaban J connectivity index is 1.62. The number of fused-ring (bicyclic) bond motifs is 1. The lowest BCUT2D eigenvalue weighted by atomic mass is 9.79. The van der Waals surface area contributed by atoms with Crippen LogP contribution in [0.3, 0.4) is 0 Å². The molecule has 0 aromatic carbocycles. The number of thioether (sulfide) groups is 1. The van der Waals surface area contributed by atoms with E-state index in [2.05, 4.69) is 30.6 Å². The van der Waals surface area contributed by atoms with Crippen molar-refractivity contribution in [1.82, 2.24) is 5.32 Å². The molecule has 3 rings (SSSR count). The second-order valence-electron chi connectivity index (χ2n) is 6.67. The lowest BCUT2D eigenvalue weighted by molar-refractivity contribution is -0.00848. The normalized spacial score (nSPS) is 37.6. The number of rotatable bonds is 3. The molecule has 0 spiro atoms. The van der Waals surface area contributed by atoms with Gasteiger partial charge in [-0.05, 0) is 55.0 Å². The molecule has 2 heterocycles. The summed E-state index contributed by atoms with van der Waals surface area (Å²) in [6.45, 7) is 5.35. The Morgan fingerprint density at radius 1 is 1.35 bits per heavy atom. The second-order valence-corrected chi connectivity index (χ2v) is 9.29. The van der Waals surface area contributed by atoms with Crippen LogP contribution in [0.4, 0.5) is 0 Å². The zero-order chi connectivity index (χ0) is 14.2. The first-order valence-corrected chi connectivity index (χ1v) is 9.51. The fraction of sp³-hybridized carbons (Fsp3) is 0.750. The molecular weight excluding hydrogens is 286 g/mol. The SMILES string of the molecule is CC1CCC(O)(CNC2C[C@H](C)Sc3sccc32)CC1. The maximum Gasteiger partial charge on any atom is 0.0772 e. The molecule has 4 heteroatoms. The average molecular weight is 312 g/mol. The van der Waals surface area contributed by atoms with Gasteiger partial charge >= 0.3 is 0 Å². The van der Waals surface area contributed by atoms with Gasteiger partial charge in [0.15, 0.2) is 0 Å². The number of aliphatic hydroxyl groups is 1. The van der Waals surface area contributed by atoms with Crippen molar-refractivity contribution in [2.45, 2.75) is 67.1 Å². The van der Waals surface area contributed by atoms with E-state index in [0.717, 1.165) is 25.3 Å². The van der Waals surface area contributed by atoms with Gasteiger partial charge in [-0.2, -0.15) is 0 Å². The molecule has 0 saturated heterocycles. The van der Waals surface area contributed by atoms with Crippen molar-refractivity contribution < 1.29 is 5.11 Å². The van der Waals surface area contributed by atoms with Gasteiger partial charge in [-0.25, -0.2) is 0 Å². The zero-order valence-electron chi connectivity index (χ0n) is 12.4. The van der Waals surface area contributed by atoms with Crippen molar-refractivity contribution in [2.75, 3.05) is 6.54 Å². The fourth-order valence-corrected chi connectivity index (χ4v) is 5.90. The Morgan fingerprint density at radius 2 is 2.10 bits per heavy atom. The van der Waals surface area contributed by atoms with E-state index >= 15 is 0 Å². The van der Waals surface area contributed by atoms with E-state index < -0.39 is 5.60 Å². The van der Waals surface area contributed by atoms with Crippen LogP contribution >= 0.6 is 23.1 Å². The molecule has 1 aliphatic heterocycles. The van der Waals surface area contributed by atoms with Crippen LogP contribution in [0.2, 0.25) is 0 Å². The van der Waals surface area contributed by atoms with Crippen LogP contribution in [-0.2, 0) is 0 Å². The number of thiophene rings is 1. The first-order chi connectivity index (χ1) is 9.56. The van der Waals surface area contributed by atoms with Crippen LogP contribution in [0.15, 0.2) is 15.7 Å². The molecule has 1 aliphatic carbocycles. The third kappa shape index (κ3) is 3.24. The Bertz CT molecular complexity index is 451. The summed E-state index contributed by atoms with van der Waals surface area (Å²) in [6.07, 6.45) is 5.40. The predicted molar refractivity (Wildman–Crippen MR) is 87.6 cm³/mol. The third-order valence-corrected chi connectivity index (χ3v) is 7.14. The molecule has 2 nitrogen and oxygen atoms in total. The van der Waals surface area contributed by atoms with Gasteiger partial charge in [0.1, 0.15) is 0 Å². The van der Waals surface area contributed by atoms with Gasteiger partial charge in [0.2, 0.25) is 0 Å². The molecule has 1 aromatic heterocycles. The molecule has 1 saturated carbocycles. The maximum absolute atomic E-state index is 10.7. The largest absolute Gasteiger partial charge is 0.389 e. The summed E-state index contributed by atoms with van der Waals surface area (Å²) < 4.78 is 1.46. The van der Waals surface area contributed by atoms with Crippen molar-refractivity contribution >= 4 is 23.1 Å². The summed E-state index contributed by atoms with van der Waals surface area (Å²) in [5, 5.41) is 17.2. The highest BCUT2D eigenvalue weighted by atomic mass is 32.2. The minimum Gasteiger partial charge on any atom is -0.389 e. The van der Waals surface area contributed by atoms with Crippen molar-refractivity contribution in [3.8, 4) is 0 Å². The summed E-state index contributed by atoms with van der Waals surface area (Å²) in [5.74, 6) is 0.782. The van der Waals surface area contributed by atoms with Crippen LogP contribution in [-0.4, -0.2) is 22.5 Å².